The van der Waals surface area contributed by atoms with Crippen molar-refractivity contribution in [2.45, 2.75) is 52.4 Å². The molecular formula is C23H29BO7. The SMILES string of the molecule is CCOC(=O)c1ccc(Oc2ccc(B3OC(C)(C)C(C)(C)O3)c(CO)c2)cc1OC. The lowest BCUT2D eigenvalue weighted by molar-refractivity contribution is 0.00578. The van der Waals surface area contributed by atoms with E-state index in [0.29, 0.717) is 28.4 Å². The zero-order chi connectivity index (χ0) is 22.8. The average molecular weight is 428 g/mol. The summed E-state index contributed by atoms with van der Waals surface area (Å²) in [7, 11) is 0.899. The molecule has 0 spiro atoms. The predicted octanol–water partition coefficient (Wildman–Crippen LogP) is 3.46. The van der Waals surface area contributed by atoms with Gasteiger partial charge in [0.1, 0.15) is 22.8 Å². The van der Waals surface area contributed by atoms with Crippen molar-refractivity contribution in [3.63, 3.8) is 0 Å². The first-order valence-electron chi connectivity index (χ1n) is 10.2. The Morgan fingerprint density at radius 3 is 2.23 bits per heavy atom. The molecule has 0 bridgehead atoms. The second-order valence-corrected chi connectivity index (χ2v) is 8.29. The molecule has 3 rings (SSSR count). The van der Waals surface area contributed by atoms with Crippen LogP contribution in [-0.4, -0.2) is 43.1 Å². The Kier molecular flexibility index (Phi) is 6.64. The van der Waals surface area contributed by atoms with Crippen LogP contribution < -0.4 is 14.9 Å². The minimum absolute atomic E-state index is 0.193. The van der Waals surface area contributed by atoms with Crippen LogP contribution in [0.3, 0.4) is 0 Å². The van der Waals surface area contributed by atoms with Crippen molar-refractivity contribution < 1.29 is 33.4 Å². The number of aliphatic hydroxyl groups excluding tert-OH is 1. The van der Waals surface area contributed by atoms with E-state index < -0.39 is 24.3 Å². The van der Waals surface area contributed by atoms with E-state index in [4.69, 9.17) is 23.5 Å². The van der Waals surface area contributed by atoms with Crippen LogP contribution in [0.1, 0.15) is 50.5 Å². The van der Waals surface area contributed by atoms with Crippen molar-refractivity contribution in [2.75, 3.05) is 13.7 Å². The Labute approximate surface area is 183 Å². The number of ether oxygens (including phenoxy) is 3. The van der Waals surface area contributed by atoms with Crippen molar-refractivity contribution in [1.29, 1.82) is 0 Å². The Balaban J connectivity index is 1.83. The van der Waals surface area contributed by atoms with E-state index in [9.17, 15) is 9.90 Å². The van der Waals surface area contributed by atoms with E-state index >= 15 is 0 Å². The molecule has 0 saturated carbocycles. The number of benzene rings is 2. The van der Waals surface area contributed by atoms with Gasteiger partial charge in [0.25, 0.3) is 0 Å². The number of carbonyl (C=O) groups excluding carboxylic acids is 1. The molecule has 0 unspecified atom stereocenters. The fourth-order valence-electron chi connectivity index (χ4n) is 3.23. The van der Waals surface area contributed by atoms with E-state index in [1.165, 1.54) is 7.11 Å². The summed E-state index contributed by atoms with van der Waals surface area (Å²) in [5.41, 5.74) is 0.770. The average Bonchev–Trinajstić information content (AvgIpc) is 2.94. The van der Waals surface area contributed by atoms with Crippen molar-refractivity contribution in [2.24, 2.45) is 0 Å². The topological polar surface area (TPSA) is 83.5 Å². The van der Waals surface area contributed by atoms with Gasteiger partial charge in [0.2, 0.25) is 0 Å². The Morgan fingerprint density at radius 2 is 1.65 bits per heavy atom. The van der Waals surface area contributed by atoms with Gasteiger partial charge in [0, 0.05) is 6.07 Å². The van der Waals surface area contributed by atoms with E-state index in [1.54, 1.807) is 37.3 Å². The van der Waals surface area contributed by atoms with Gasteiger partial charge >= 0.3 is 13.1 Å². The van der Waals surface area contributed by atoms with Crippen molar-refractivity contribution >= 4 is 18.6 Å². The molecule has 8 heteroatoms. The fourth-order valence-corrected chi connectivity index (χ4v) is 3.23. The molecule has 0 aromatic heterocycles. The van der Waals surface area contributed by atoms with Gasteiger partial charge in [-0.15, -0.1) is 0 Å². The first kappa shape index (κ1) is 23.1. The maximum atomic E-state index is 12.0. The van der Waals surface area contributed by atoms with Crippen molar-refractivity contribution in [3.05, 3.63) is 47.5 Å². The third-order valence-electron chi connectivity index (χ3n) is 5.70. The molecule has 1 heterocycles. The molecule has 1 fully saturated rings. The van der Waals surface area contributed by atoms with E-state index in [1.807, 2.05) is 33.8 Å². The second kappa shape index (κ2) is 8.90. The minimum Gasteiger partial charge on any atom is -0.496 e. The van der Waals surface area contributed by atoms with Gasteiger partial charge in [-0.2, -0.15) is 0 Å². The Hall–Kier alpha value is -2.55. The molecule has 1 aliphatic heterocycles. The number of hydrogen-bond donors (Lipinski definition) is 1. The minimum atomic E-state index is -0.579. The summed E-state index contributed by atoms with van der Waals surface area (Å²) in [5.74, 6) is 0.903. The summed E-state index contributed by atoms with van der Waals surface area (Å²) in [6.45, 7) is 9.76. The number of rotatable bonds is 7. The van der Waals surface area contributed by atoms with Crippen molar-refractivity contribution in [1.82, 2.24) is 0 Å². The number of aliphatic hydroxyl groups is 1. The summed E-state index contributed by atoms with van der Waals surface area (Å²) in [6, 6.07) is 10.2. The Morgan fingerprint density at radius 1 is 1.03 bits per heavy atom. The lowest BCUT2D eigenvalue weighted by Crippen LogP contribution is -2.41. The first-order chi connectivity index (χ1) is 14.6. The largest absolute Gasteiger partial charge is 0.496 e. The third-order valence-corrected chi connectivity index (χ3v) is 5.70. The molecule has 2 aromatic rings. The molecule has 1 N–H and O–H groups in total. The number of esters is 1. The molecule has 0 radical (unpaired) electrons. The highest BCUT2D eigenvalue weighted by Gasteiger charge is 2.52. The summed E-state index contributed by atoms with van der Waals surface area (Å²) < 4.78 is 28.5. The van der Waals surface area contributed by atoms with Crippen LogP contribution >= 0.6 is 0 Å². The third kappa shape index (κ3) is 4.71. The normalized spacial score (nSPS) is 16.8. The molecule has 0 aliphatic carbocycles. The summed E-state index contributed by atoms with van der Waals surface area (Å²) >= 11 is 0. The van der Waals surface area contributed by atoms with Gasteiger partial charge in [-0.05, 0) is 69.9 Å². The zero-order valence-corrected chi connectivity index (χ0v) is 18.9. The van der Waals surface area contributed by atoms with Crippen LogP contribution in [0.15, 0.2) is 36.4 Å². The molecule has 0 atom stereocenters. The number of carbonyl (C=O) groups is 1. The second-order valence-electron chi connectivity index (χ2n) is 8.29. The summed E-state index contributed by atoms with van der Waals surface area (Å²) in [4.78, 5) is 12.0. The van der Waals surface area contributed by atoms with Crippen LogP contribution in [0.2, 0.25) is 0 Å². The summed E-state index contributed by atoms with van der Waals surface area (Å²) in [5, 5.41) is 9.92. The fraction of sp³-hybridized carbons (Fsp3) is 0.435. The molecule has 7 nitrogen and oxygen atoms in total. The van der Waals surface area contributed by atoms with Crippen molar-refractivity contribution in [3.8, 4) is 17.2 Å². The summed E-state index contributed by atoms with van der Waals surface area (Å²) in [6.07, 6.45) is 0. The lowest BCUT2D eigenvalue weighted by Gasteiger charge is -2.32. The molecule has 2 aromatic carbocycles. The van der Waals surface area contributed by atoms with Gasteiger partial charge in [-0.1, -0.05) is 6.07 Å². The van der Waals surface area contributed by atoms with E-state index in [2.05, 4.69) is 0 Å². The van der Waals surface area contributed by atoms with E-state index in [0.717, 1.165) is 5.46 Å². The predicted molar refractivity (Wildman–Crippen MR) is 117 cm³/mol. The smallest absolute Gasteiger partial charge is 0.495 e. The maximum Gasteiger partial charge on any atom is 0.495 e. The van der Waals surface area contributed by atoms with Gasteiger partial charge < -0.3 is 28.6 Å². The molecule has 1 saturated heterocycles. The number of hydrogen-bond acceptors (Lipinski definition) is 7. The van der Waals surface area contributed by atoms with Crippen LogP contribution in [0.25, 0.3) is 0 Å². The molecule has 1 aliphatic rings. The maximum absolute atomic E-state index is 12.0. The standard InChI is InChI=1S/C23H29BO7/c1-7-28-21(26)18-10-8-17(13-20(18)27-6)29-16-9-11-19(15(12-16)14-25)24-30-22(2,3)23(4,5)31-24/h8-13,25H,7,14H2,1-6H3. The highest BCUT2D eigenvalue weighted by atomic mass is 16.7. The van der Waals surface area contributed by atoms with Gasteiger partial charge in [0.05, 0.1) is 31.5 Å². The molecule has 166 valence electrons. The quantitative estimate of drug-likeness (QED) is 0.534. The molecule has 31 heavy (non-hydrogen) atoms. The lowest BCUT2D eigenvalue weighted by atomic mass is 9.76. The zero-order valence-electron chi connectivity index (χ0n) is 18.9. The highest BCUT2D eigenvalue weighted by molar-refractivity contribution is 6.62. The van der Waals surface area contributed by atoms with Crippen LogP contribution in [0, 0.1) is 0 Å². The van der Waals surface area contributed by atoms with Gasteiger partial charge in [0.15, 0.2) is 0 Å². The van der Waals surface area contributed by atoms with E-state index in [-0.39, 0.29) is 13.2 Å². The first-order valence-corrected chi connectivity index (χ1v) is 10.2. The highest BCUT2D eigenvalue weighted by Crippen LogP contribution is 2.37. The van der Waals surface area contributed by atoms with Gasteiger partial charge in [-0.3, -0.25) is 0 Å². The van der Waals surface area contributed by atoms with Crippen LogP contribution in [0.5, 0.6) is 17.2 Å². The monoisotopic (exact) mass is 428 g/mol. The molecule has 0 amide bonds. The van der Waals surface area contributed by atoms with Crippen LogP contribution in [-0.2, 0) is 20.7 Å². The molecular weight excluding hydrogens is 399 g/mol. The Bertz CT molecular complexity index is 939. The number of methoxy groups -OCH3 is 1. The van der Waals surface area contributed by atoms with Gasteiger partial charge in [-0.25, -0.2) is 4.79 Å². The van der Waals surface area contributed by atoms with Crippen LogP contribution in [0.4, 0.5) is 0 Å².